The van der Waals surface area contributed by atoms with Gasteiger partial charge in [0.15, 0.2) is 0 Å². The standard InChI is InChI=1S/C21H26O4S2/c1-12-7-18(23)17(21-20(25)19(24)10-16(11-22)27-21)9-14(12)8-13-3-5-15(26-2)6-4-13/h3-7,9,16,19-25H,8,10-11H2,1-2H3/t16-,19-,20+,21-/m0/s1. The Kier molecular flexibility index (Phi) is 6.76. The lowest BCUT2D eigenvalue weighted by Gasteiger charge is -2.36. The molecule has 4 atom stereocenters. The van der Waals surface area contributed by atoms with Crippen LogP contribution in [0.15, 0.2) is 41.3 Å². The van der Waals surface area contributed by atoms with E-state index in [9.17, 15) is 20.4 Å². The van der Waals surface area contributed by atoms with Crippen LogP contribution < -0.4 is 0 Å². The Morgan fingerprint density at radius 1 is 1.15 bits per heavy atom. The van der Waals surface area contributed by atoms with Crippen molar-refractivity contribution in [1.29, 1.82) is 0 Å². The summed E-state index contributed by atoms with van der Waals surface area (Å²) in [5.74, 6) is 0.122. The number of phenolic OH excluding ortho intramolecular Hbond substituents is 1. The van der Waals surface area contributed by atoms with Crippen molar-refractivity contribution >= 4 is 23.5 Å². The highest BCUT2D eigenvalue weighted by Crippen LogP contribution is 2.46. The molecule has 4 N–H and O–H groups in total. The number of thioether (sulfide) groups is 2. The molecule has 6 heteroatoms. The van der Waals surface area contributed by atoms with E-state index in [2.05, 4.69) is 24.3 Å². The van der Waals surface area contributed by atoms with Gasteiger partial charge in [-0.3, -0.25) is 0 Å². The molecule has 2 aromatic rings. The van der Waals surface area contributed by atoms with Crippen LogP contribution in [0, 0.1) is 6.92 Å². The summed E-state index contributed by atoms with van der Waals surface area (Å²) >= 11 is 3.12. The maximum atomic E-state index is 10.5. The number of aliphatic hydroxyl groups excluding tert-OH is 3. The minimum absolute atomic E-state index is 0.0633. The summed E-state index contributed by atoms with van der Waals surface area (Å²) in [5, 5.41) is 40.0. The largest absolute Gasteiger partial charge is 0.508 e. The minimum Gasteiger partial charge on any atom is -0.508 e. The fraction of sp³-hybridized carbons (Fsp3) is 0.429. The molecular weight excluding hydrogens is 380 g/mol. The summed E-state index contributed by atoms with van der Waals surface area (Å²) in [6.45, 7) is 1.90. The molecule has 146 valence electrons. The first-order valence-corrected chi connectivity index (χ1v) is 11.2. The molecule has 0 spiro atoms. The van der Waals surface area contributed by atoms with Gasteiger partial charge in [0, 0.05) is 15.7 Å². The van der Waals surface area contributed by atoms with Crippen molar-refractivity contribution in [3.63, 3.8) is 0 Å². The molecule has 1 fully saturated rings. The SMILES string of the molecule is CSc1ccc(Cc2cc([C@@H]3S[C@H](CO)C[C@H](O)[C@H]3O)c(O)cc2C)cc1. The molecule has 0 amide bonds. The highest BCUT2D eigenvalue weighted by atomic mass is 32.2. The molecule has 0 aliphatic carbocycles. The average molecular weight is 407 g/mol. The Balaban J connectivity index is 1.90. The third-order valence-corrected chi connectivity index (χ3v) is 7.39. The van der Waals surface area contributed by atoms with Gasteiger partial charge in [0.1, 0.15) is 5.75 Å². The molecule has 2 aromatic carbocycles. The number of phenols is 1. The third-order valence-electron chi connectivity index (χ3n) is 5.10. The number of hydrogen-bond donors (Lipinski definition) is 4. The smallest absolute Gasteiger partial charge is 0.120 e. The topological polar surface area (TPSA) is 80.9 Å². The van der Waals surface area contributed by atoms with Crippen LogP contribution in [-0.2, 0) is 6.42 Å². The van der Waals surface area contributed by atoms with E-state index < -0.39 is 17.5 Å². The monoisotopic (exact) mass is 406 g/mol. The van der Waals surface area contributed by atoms with Crippen LogP contribution in [0.3, 0.4) is 0 Å². The van der Waals surface area contributed by atoms with Crippen molar-refractivity contribution in [2.24, 2.45) is 0 Å². The fourth-order valence-corrected chi connectivity index (χ4v) is 5.36. The van der Waals surface area contributed by atoms with Crippen molar-refractivity contribution in [1.82, 2.24) is 0 Å². The lowest BCUT2D eigenvalue weighted by Crippen LogP contribution is -2.39. The summed E-state index contributed by atoms with van der Waals surface area (Å²) in [5.41, 5.74) is 3.86. The van der Waals surface area contributed by atoms with Crippen molar-refractivity contribution in [3.05, 3.63) is 58.7 Å². The van der Waals surface area contributed by atoms with E-state index in [0.29, 0.717) is 12.0 Å². The van der Waals surface area contributed by atoms with Gasteiger partial charge in [-0.2, -0.15) is 0 Å². The second-order valence-corrected chi connectivity index (χ2v) is 9.34. The van der Waals surface area contributed by atoms with Crippen molar-refractivity contribution in [3.8, 4) is 5.75 Å². The van der Waals surface area contributed by atoms with Crippen LogP contribution in [0.25, 0.3) is 0 Å². The first-order chi connectivity index (χ1) is 12.9. The number of aliphatic hydroxyl groups is 3. The number of hydrogen-bond acceptors (Lipinski definition) is 6. The van der Waals surface area contributed by atoms with Gasteiger partial charge in [-0.05, 0) is 60.9 Å². The second-order valence-electron chi connectivity index (χ2n) is 7.02. The maximum absolute atomic E-state index is 10.5. The van der Waals surface area contributed by atoms with Gasteiger partial charge >= 0.3 is 0 Å². The Morgan fingerprint density at radius 3 is 2.48 bits per heavy atom. The Labute approximate surface area is 168 Å². The summed E-state index contributed by atoms with van der Waals surface area (Å²) < 4.78 is 0. The van der Waals surface area contributed by atoms with E-state index in [1.54, 1.807) is 17.8 Å². The first-order valence-electron chi connectivity index (χ1n) is 9.00. The lowest BCUT2D eigenvalue weighted by molar-refractivity contribution is 0.00497. The van der Waals surface area contributed by atoms with E-state index in [1.807, 2.05) is 19.2 Å². The lowest BCUT2D eigenvalue weighted by atomic mass is 9.93. The first kappa shape index (κ1) is 20.6. The molecule has 1 aliphatic rings. The van der Waals surface area contributed by atoms with Crippen molar-refractivity contribution < 1.29 is 20.4 Å². The van der Waals surface area contributed by atoms with E-state index in [-0.39, 0.29) is 17.6 Å². The maximum Gasteiger partial charge on any atom is 0.120 e. The Bertz CT molecular complexity index is 778. The number of aromatic hydroxyl groups is 1. The van der Waals surface area contributed by atoms with Gasteiger partial charge in [-0.25, -0.2) is 0 Å². The number of benzene rings is 2. The summed E-state index contributed by atoms with van der Waals surface area (Å²) in [6, 6.07) is 12.1. The highest BCUT2D eigenvalue weighted by Gasteiger charge is 2.38. The normalized spacial score (nSPS) is 25.5. The van der Waals surface area contributed by atoms with Gasteiger partial charge in [-0.15, -0.1) is 23.5 Å². The number of rotatable bonds is 5. The summed E-state index contributed by atoms with van der Waals surface area (Å²) in [4.78, 5) is 1.22. The second kappa shape index (κ2) is 8.88. The van der Waals surface area contributed by atoms with E-state index in [0.717, 1.165) is 17.5 Å². The summed E-state index contributed by atoms with van der Waals surface area (Å²) in [6.07, 6.45) is 1.25. The van der Waals surface area contributed by atoms with E-state index >= 15 is 0 Å². The predicted molar refractivity (Wildman–Crippen MR) is 112 cm³/mol. The van der Waals surface area contributed by atoms with E-state index in [1.165, 1.54) is 22.2 Å². The van der Waals surface area contributed by atoms with Crippen LogP contribution in [0.1, 0.15) is 33.9 Å². The minimum atomic E-state index is -0.972. The van der Waals surface area contributed by atoms with Crippen LogP contribution in [0.2, 0.25) is 0 Å². The molecule has 1 saturated heterocycles. The van der Waals surface area contributed by atoms with Crippen LogP contribution >= 0.6 is 23.5 Å². The third kappa shape index (κ3) is 4.63. The Morgan fingerprint density at radius 2 is 1.85 bits per heavy atom. The molecule has 0 saturated carbocycles. The molecule has 3 rings (SSSR count). The van der Waals surface area contributed by atoms with Crippen molar-refractivity contribution in [2.75, 3.05) is 12.9 Å². The van der Waals surface area contributed by atoms with Gasteiger partial charge in [0.25, 0.3) is 0 Å². The molecule has 0 bridgehead atoms. The van der Waals surface area contributed by atoms with Gasteiger partial charge in [0.2, 0.25) is 0 Å². The average Bonchev–Trinajstić information content (AvgIpc) is 2.67. The van der Waals surface area contributed by atoms with Gasteiger partial charge in [-0.1, -0.05) is 18.2 Å². The van der Waals surface area contributed by atoms with Crippen LogP contribution in [0.4, 0.5) is 0 Å². The van der Waals surface area contributed by atoms with Gasteiger partial charge < -0.3 is 20.4 Å². The van der Waals surface area contributed by atoms with Crippen LogP contribution in [-0.4, -0.2) is 50.7 Å². The number of aryl methyl sites for hydroxylation is 1. The molecule has 0 radical (unpaired) electrons. The highest BCUT2D eigenvalue weighted by molar-refractivity contribution is 8.00. The molecular formula is C21H26O4S2. The molecule has 27 heavy (non-hydrogen) atoms. The predicted octanol–water partition coefficient (Wildman–Crippen LogP) is 3.27. The zero-order valence-corrected chi connectivity index (χ0v) is 17.1. The van der Waals surface area contributed by atoms with E-state index in [4.69, 9.17) is 0 Å². The molecule has 0 aromatic heterocycles. The quantitative estimate of drug-likeness (QED) is 0.571. The summed E-state index contributed by atoms with van der Waals surface area (Å²) in [7, 11) is 0. The van der Waals surface area contributed by atoms with Gasteiger partial charge in [0.05, 0.1) is 24.1 Å². The molecule has 1 heterocycles. The van der Waals surface area contributed by atoms with Crippen LogP contribution in [0.5, 0.6) is 5.75 Å². The van der Waals surface area contributed by atoms with Crippen molar-refractivity contribution in [2.45, 2.75) is 47.4 Å². The molecule has 4 nitrogen and oxygen atoms in total. The molecule has 0 unspecified atom stereocenters. The Hall–Kier alpha value is -1.18. The zero-order chi connectivity index (χ0) is 19.6. The zero-order valence-electron chi connectivity index (χ0n) is 15.5. The molecule has 1 aliphatic heterocycles. The fourth-order valence-electron chi connectivity index (χ4n) is 3.47.